The molecule has 3 rings (SSSR count). The summed E-state index contributed by atoms with van der Waals surface area (Å²) in [6.07, 6.45) is 4.28. The quantitative estimate of drug-likeness (QED) is 0.742. The second-order valence-electron chi connectivity index (χ2n) is 6.96. The molecule has 1 aromatic carbocycles. The van der Waals surface area contributed by atoms with Crippen molar-refractivity contribution in [1.29, 1.82) is 0 Å². The van der Waals surface area contributed by atoms with Crippen molar-refractivity contribution in [2.75, 3.05) is 23.7 Å². The molecule has 156 valence electrons. The Bertz CT molecular complexity index is 976. The number of carbonyl (C=O) groups is 2. The van der Waals surface area contributed by atoms with Gasteiger partial charge in [0.05, 0.1) is 16.8 Å². The second kappa shape index (κ2) is 8.75. The largest absolute Gasteiger partial charge is 0.326 e. The van der Waals surface area contributed by atoms with Crippen LogP contribution in [0, 0.1) is 5.92 Å². The van der Waals surface area contributed by atoms with E-state index in [1.807, 2.05) is 6.92 Å². The molecule has 2 amide bonds. The van der Waals surface area contributed by atoms with Crippen LogP contribution < -0.4 is 10.6 Å². The van der Waals surface area contributed by atoms with E-state index >= 15 is 0 Å². The highest BCUT2D eigenvalue weighted by Gasteiger charge is 2.32. The maximum absolute atomic E-state index is 12.9. The molecular formula is C19H25N5O4S. The summed E-state index contributed by atoms with van der Waals surface area (Å²) >= 11 is 0. The molecule has 9 nitrogen and oxygen atoms in total. The molecule has 1 aliphatic heterocycles. The molecule has 0 unspecified atom stereocenters. The maximum Gasteiger partial charge on any atom is 0.243 e. The number of amides is 2. The van der Waals surface area contributed by atoms with Gasteiger partial charge in [0.1, 0.15) is 0 Å². The van der Waals surface area contributed by atoms with Gasteiger partial charge in [-0.05, 0) is 44.0 Å². The normalized spacial score (nSPS) is 15.8. The van der Waals surface area contributed by atoms with Gasteiger partial charge in [0.15, 0.2) is 0 Å². The molecule has 0 aliphatic carbocycles. The number of piperidine rings is 1. The van der Waals surface area contributed by atoms with E-state index < -0.39 is 10.0 Å². The predicted molar refractivity (Wildman–Crippen MR) is 109 cm³/mol. The molecule has 0 saturated carbocycles. The molecule has 10 heteroatoms. The van der Waals surface area contributed by atoms with E-state index in [-0.39, 0.29) is 35.7 Å². The monoisotopic (exact) mass is 419 g/mol. The molecule has 1 aromatic heterocycles. The molecule has 0 atom stereocenters. The van der Waals surface area contributed by atoms with Gasteiger partial charge in [-0.3, -0.25) is 14.3 Å². The lowest BCUT2D eigenvalue weighted by atomic mass is 9.97. The standard InChI is InChI=1S/C19H25N5O4S/c1-3-23-13-17(12-20-23)22-19(26)15-8-10-24(11-9-15)29(27,28)18-6-4-16(5-7-18)21-14(2)25/h4-7,12-13,15H,3,8-11H2,1-2H3,(H,21,25)(H,22,26). The van der Waals surface area contributed by atoms with Crippen LogP contribution in [0.3, 0.4) is 0 Å². The molecule has 29 heavy (non-hydrogen) atoms. The molecule has 0 bridgehead atoms. The Morgan fingerprint density at radius 3 is 2.31 bits per heavy atom. The summed E-state index contributed by atoms with van der Waals surface area (Å²) < 4.78 is 28.8. The average molecular weight is 420 g/mol. The number of rotatable bonds is 6. The highest BCUT2D eigenvalue weighted by molar-refractivity contribution is 7.89. The van der Waals surface area contributed by atoms with Crippen molar-refractivity contribution in [2.45, 2.75) is 38.1 Å². The number of hydrogen-bond acceptors (Lipinski definition) is 5. The first-order valence-electron chi connectivity index (χ1n) is 9.50. The molecule has 0 spiro atoms. The molecule has 2 N–H and O–H groups in total. The Morgan fingerprint density at radius 1 is 1.10 bits per heavy atom. The third-order valence-corrected chi connectivity index (χ3v) is 6.77. The van der Waals surface area contributed by atoms with Crippen LogP contribution in [-0.2, 0) is 26.2 Å². The van der Waals surface area contributed by atoms with Gasteiger partial charge >= 0.3 is 0 Å². The number of benzene rings is 1. The highest BCUT2D eigenvalue weighted by atomic mass is 32.2. The Labute approximate surface area is 170 Å². The van der Waals surface area contributed by atoms with E-state index in [0.29, 0.717) is 24.2 Å². The van der Waals surface area contributed by atoms with Crippen LogP contribution in [0.4, 0.5) is 11.4 Å². The zero-order valence-electron chi connectivity index (χ0n) is 16.5. The fourth-order valence-electron chi connectivity index (χ4n) is 3.27. The first kappa shape index (κ1) is 21.0. The number of nitrogens with one attached hydrogen (secondary N) is 2. The minimum atomic E-state index is -3.64. The lowest BCUT2D eigenvalue weighted by Gasteiger charge is -2.30. The summed E-state index contributed by atoms with van der Waals surface area (Å²) in [6, 6.07) is 6.07. The Kier molecular flexibility index (Phi) is 6.33. The van der Waals surface area contributed by atoms with Crippen LogP contribution in [0.5, 0.6) is 0 Å². The minimum absolute atomic E-state index is 0.114. The van der Waals surface area contributed by atoms with E-state index in [9.17, 15) is 18.0 Å². The smallest absolute Gasteiger partial charge is 0.243 e. The van der Waals surface area contributed by atoms with Gasteiger partial charge < -0.3 is 10.6 Å². The SMILES string of the molecule is CCn1cc(NC(=O)C2CCN(S(=O)(=O)c3ccc(NC(C)=O)cc3)CC2)cn1. The number of hydrogen-bond donors (Lipinski definition) is 2. The first-order valence-corrected chi connectivity index (χ1v) is 10.9. The summed E-state index contributed by atoms with van der Waals surface area (Å²) in [5.41, 5.74) is 1.18. The van der Waals surface area contributed by atoms with Crippen molar-refractivity contribution in [3.05, 3.63) is 36.7 Å². The van der Waals surface area contributed by atoms with E-state index in [0.717, 1.165) is 6.54 Å². The van der Waals surface area contributed by atoms with Crippen molar-refractivity contribution < 1.29 is 18.0 Å². The van der Waals surface area contributed by atoms with Crippen molar-refractivity contribution in [3.63, 3.8) is 0 Å². The minimum Gasteiger partial charge on any atom is -0.326 e. The Morgan fingerprint density at radius 2 is 1.76 bits per heavy atom. The van der Waals surface area contributed by atoms with Crippen LogP contribution in [0.15, 0.2) is 41.6 Å². The number of sulfonamides is 1. The lowest BCUT2D eigenvalue weighted by molar-refractivity contribution is -0.121. The van der Waals surface area contributed by atoms with Gasteiger partial charge in [-0.25, -0.2) is 8.42 Å². The second-order valence-corrected chi connectivity index (χ2v) is 8.90. The molecular weight excluding hydrogens is 394 g/mol. The van der Waals surface area contributed by atoms with Crippen LogP contribution in [0.25, 0.3) is 0 Å². The van der Waals surface area contributed by atoms with E-state index in [2.05, 4.69) is 15.7 Å². The van der Waals surface area contributed by atoms with Gasteiger partial charge in [0.2, 0.25) is 21.8 Å². The zero-order valence-corrected chi connectivity index (χ0v) is 17.3. The lowest BCUT2D eigenvalue weighted by Crippen LogP contribution is -2.41. The van der Waals surface area contributed by atoms with Crippen molar-refractivity contribution in [3.8, 4) is 0 Å². The third kappa shape index (κ3) is 5.01. The average Bonchev–Trinajstić information content (AvgIpc) is 3.15. The van der Waals surface area contributed by atoms with Crippen molar-refractivity contribution in [2.24, 2.45) is 5.92 Å². The molecule has 1 fully saturated rings. The Hall–Kier alpha value is -2.72. The van der Waals surface area contributed by atoms with Gasteiger partial charge in [0.25, 0.3) is 0 Å². The van der Waals surface area contributed by atoms with Gasteiger partial charge in [-0.15, -0.1) is 0 Å². The van der Waals surface area contributed by atoms with E-state index in [1.54, 1.807) is 29.2 Å². The third-order valence-electron chi connectivity index (χ3n) is 4.86. The van der Waals surface area contributed by atoms with Crippen LogP contribution in [-0.4, -0.2) is 47.4 Å². The number of anilines is 2. The summed E-state index contributed by atoms with van der Waals surface area (Å²) in [5.74, 6) is -0.575. The van der Waals surface area contributed by atoms with Gasteiger partial charge in [-0.2, -0.15) is 9.40 Å². The summed E-state index contributed by atoms with van der Waals surface area (Å²) in [6.45, 7) is 4.63. The Balaban J connectivity index is 1.58. The molecule has 1 aliphatic rings. The topological polar surface area (TPSA) is 113 Å². The zero-order chi connectivity index (χ0) is 21.0. The molecule has 2 heterocycles. The van der Waals surface area contributed by atoms with E-state index in [4.69, 9.17) is 0 Å². The van der Waals surface area contributed by atoms with Crippen molar-refractivity contribution in [1.82, 2.24) is 14.1 Å². The summed E-state index contributed by atoms with van der Waals surface area (Å²) in [4.78, 5) is 23.7. The van der Waals surface area contributed by atoms with Crippen LogP contribution in [0.2, 0.25) is 0 Å². The van der Waals surface area contributed by atoms with Crippen LogP contribution >= 0.6 is 0 Å². The molecule has 2 aromatic rings. The fourth-order valence-corrected chi connectivity index (χ4v) is 4.74. The van der Waals surface area contributed by atoms with Crippen molar-refractivity contribution >= 4 is 33.2 Å². The van der Waals surface area contributed by atoms with Crippen LogP contribution in [0.1, 0.15) is 26.7 Å². The maximum atomic E-state index is 12.9. The summed E-state index contributed by atoms with van der Waals surface area (Å²) in [5, 5.41) is 9.58. The highest BCUT2D eigenvalue weighted by Crippen LogP contribution is 2.25. The van der Waals surface area contributed by atoms with Gasteiger partial charge in [0, 0.05) is 44.4 Å². The molecule has 1 saturated heterocycles. The number of carbonyl (C=O) groups excluding carboxylic acids is 2. The summed E-state index contributed by atoms with van der Waals surface area (Å²) in [7, 11) is -3.64. The number of aryl methyl sites for hydroxylation is 1. The predicted octanol–water partition coefficient (Wildman–Crippen LogP) is 1.90. The van der Waals surface area contributed by atoms with Gasteiger partial charge in [-0.1, -0.05) is 0 Å². The first-order chi connectivity index (χ1) is 13.8. The number of aromatic nitrogens is 2. The van der Waals surface area contributed by atoms with E-state index in [1.165, 1.54) is 23.4 Å². The fraction of sp³-hybridized carbons (Fsp3) is 0.421. The number of nitrogens with zero attached hydrogens (tertiary/aromatic N) is 3. The molecule has 0 radical (unpaired) electrons.